The molecule has 122 valence electrons. The number of aromatic nitrogens is 2. The van der Waals surface area contributed by atoms with Crippen molar-refractivity contribution in [3.8, 4) is 0 Å². The van der Waals surface area contributed by atoms with E-state index in [1.165, 1.54) is 29.1 Å². The first-order chi connectivity index (χ1) is 11.0. The number of non-ortho nitro benzene ring substituents is 1. The summed E-state index contributed by atoms with van der Waals surface area (Å²) in [6.07, 6.45) is 1.79. The van der Waals surface area contributed by atoms with E-state index < -0.39 is 22.9 Å². The number of nitro benzene ring substituents is 1. The minimum absolute atomic E-state index is 0.0787. The fraction of sp³-hybridized carbons (Fsp3) is 0.333. The summed E-state index contributed by atoms with van der Waals surface area (Å²) in [6, 6.07) is 5.42. The molecular formula is C15H16FN3O4. The molecule has 0 unspecified atom stereocenters. The molecular weight excluding hydrogens is 305 g/mol. The van der Waals surface area contributed by atoms with Gasteiger partial charge in [-0.25, -0.2) is 9.78 Å². The Morgan fingerprint density at radius 2 is 2.26 bits per heavy atom. The number of hydrogen-bond donors (Lipinski definition) is 0. The molecule has 0 fully saturated rings. The first kappa shape index (κ1) is 16.6. The number of hydrogen-bond acceptors (Lipinski definition) is 5. The average Bonchev–Trinajstić information content (AvgIpc) is 2.93. The Kier molecular flexibility index (Phi) is 5.05. The van der Waals surface area contributed by atoms with Gasteiger partial charge in [-0.05, 0) is 18.9 Å². The molecule has 0 aliphatic rings. The minimum atomic E-state index is -0.927. The Morgan fingerprint density at radius 3 is 2.91 bits per heavy atom. The number of esters is 1. The molecule has 2 rings (SSSR count). The Hall–Kier alpha value is -2.77. The van der Waals surface area contributed by atoms with E-state index >= 15 is 0 Å². The van der Waals surface area contributed by atoms with Crippen molar-refractivity contribution in [2.45, 2.75) is 26.3 Å². The summed E-state index contributed by atoms with van der Waals surface area (Å²) in [5.41, 5.74) is 0.184. The third-order valence-electron chi connectivity index (χ3n) is 3.36. The van der Waals surface area contributed by atoms with Crippen LogP contribution in [0.5, 0.6) is 0 Å². The molecule has 1 atom stereocenters. The SMILES string of the molecule is CCCOC(=O)c1c(F)ncn1[C@H](C)c1cccc([N+](=O)[O-])c1. The molecule has 2 aromatic rings. The summed E-state index contributed by atoms with van der Waals surface area (Å²) in [7, 11) is 0. The predicted octanol–water partition coefficient (Wildman–Crippen LogP) is 3.11. The smallest absolute Gasteiger partial charge is 0.359 e. The number of ether oxygens (including phenoxy) is 1. The molecule has 0 aliphatic heterocycles. The lowest BCUT2D eigenvalue weighted by Gasteiger charge is -2.16. The molecule has 0 saturated carbocycles. The molecule has 8 heteroatoms. The number of carbonyl (C=O) groups excluding carboxylic acids is 1. The van der Waals surface area contributed by atoms with E-state index in [9.17, 15) is 19.3 Å². The maximum atomic E-state index is 13.8. The molecule has 0 spiro atoms. The van der Waals surface area contributed by atoms with Gasteiger partial charge in [0.2, 0.25) is 5.95 Å². The lowest BCUT2D eigenvalue weighted by molar-refractivity contribution is -0.384. The highest BCUT2D eigenvalue weighted by Gasteiger charge is 2.24. The van der Waals surface area contributed by atoms with Crippen molar-refractivity contribution in [1.29, 1.82) is 0 Å². The summed E-state index contributed by atoms with van der Waals surface area (Å²) in [5, 5.41) is 10.9. The van der Waals surface area contributed by atoms with Crippen LogP contribution in [0.15, 0.2) is 30.6 Å². The molecule has 7 nitrogen and oxygen atoms in total. The monoisotopic (exact) mass is 321 g/mol. The first-order valence-corrected chi connectivity index (χ1v) is 7.09. The van der Waals surface area contributed by atoms with Crippen LogP contribution < -0.4 is 0 Å². The third kappa shape index (κ3) is 3.53. The fourth-order valence-corrected chi connectivity index (χ4v) is 2.14. The molecule has 0 aliphatic carbocycles. The summed E-state index contributed by atoms with van der Waals surface area (Å²) in [6.45, 7) is 3.69. The van der Waals surface area contributed by atoms with Crippen LogP contribution in [0.4, 0.5) is 10.1 Å². The van der Waals surface area contributed by atoms with Gasteiger partial charge in [0, 0.05) is 12.1 Å². The van der Waals surface area contributed by atoms with Gasteiger partial charge in [0.15, 0.2) is 5.69 Å². The van der Waals surface area contributed by atoms with Gasteiger partial charge in [-0.2, -0.15) is 4.39 Å². The Labute approximate surface area is 131 Å². The lowest BCUT2D eigenvalue weighted by Crippen LogP contribution is -2.17. The van der Waals surface area contributed by atoms with E-state index in [4.69, 9.17) is 4.74 Å². The fourth-order valence-electron chi connectivity index (χ4n) is 2.14. The van der Waals surface area contributed by atoms with Gasteiger partial charge in [0.05, 0.1) is 23.9 Å². The Balaban J connectivity index is 2.36. The second-order valence-electron chi connectivity index (χ2n) is 4.96. The number of nitro groups is 1. The van der Waals surface area contributed by atoms with Crippen LogP contribution in [-0.2, 0) is 4.74 Å². The first-order valence-electron chi connectivity index (χ1n) is 7.09. The predicted molar refractivity (Wildman–Crippen MR) is 79.7 cm³/mol. The van der Waals surface area contributed by atoms with Crippen molar-refractivity contribution in [3.05, 3.63) is 57.9 Å². The van der Waals surface area contributed by atoms with Gasteiger partial charge < -0.3 is 9.30 Å². The van der Waals surface area contributed by atoms with E-state index in [-0.39, 0.29) is 18.0 Å². The maximum absolute atomic E-state index is 13.8. The van der Waals surface area contributed by atoms with Crippen molar-refractivity contribution in [1.82, 2.24) is 9.55 Å². The second-order valence-corrected chi connectivity index (χ2v) is 4.96. The minimum Gasteiger partial charge on any atom is -0.461 e. The molecule has 1 heterocycles. The van der Waals surface area contributed by atoms with Crippen LogP contribution in [0.1, 0.15) is 42.4 Å². The molecule has 1 aromatic heterocycles. The van der Waals surface area contributed by atoms with Gasteiger partial charge in [-0.1, -0.05) is 19.1 Å². The number of rotatable bonds is 6. The summed E-state index contributed by atoms with van der Waals surface area (Å²) >= 11 is 0. The lowest BCUT2D eigenvalue weighted by atomic mass is 10.1. The van der Waals surface area contributed by atoms with Gasteiger partial charge in [-0.3, -0.25) is 10.1 Å². The standard InChI is InChI=1S/C15H16FN3O4/c1-3-7-23-15(20)13-14(16)17-9-18(13)10(2)11-5-4-6-12(8-11)19(21)22/h4-6,8-10H,3,7H2,1-2H3/t10-/m1/s1. The molecule has 23 heavy (non-hydrogen) atoms. The summed E-state index contributed by atoms with van der Waals surface area (Å²) < 4.78 is 20.1. The quantitative estimate of drug-likeness (QED) is 0.463. The van der Waals surface area contributed by atoms with Gasteiger partial charge in [0.1, 0.15) is 0 Å². The number of imidazole rings is 1. The zero-order valence-corrected chi connectivity index (χ0v) is 12.7. The van der Waals surface area contributed by atoms with Crippen LogP contribution in [0, 0.1) is 16.1 Å². The summed E-state index contributed by atoms with van der Waals surface area (Å²) in [4.78, 5) is 25.8. The van der Waals surface area contributed by atoms with E-state index in [0.717, 1.165) is 0 Å². The average molecular weight is 321 g/mol. The topological polar surface area (TPSA) is 87.3 Å². The van der Waals surface area contributed by atoms with Crippen molar-refractivity contribution in [3.63, 3.8) is 0 Å². The maximum Gasteiger partial charge on any atom is 0.359 e. The van der Waals surface area contributed by atoms with Crippen LogP contribution in [0.2, 0.25) is 0 Å². The third-order valence-corrected chi connectivity index (χ3v) is 3.36. The van der Waals surface area contributed by atoms with Gasteiger partial charge >= 0.3 is 5.97 Å². The van der Waals surface area contributed by atoms with Crippen LogP contribution >= 0.6 is 0 Å². The largest absolute Gasteiger partial charge is 0.461 e. The zero-order valence-electron chi connectivity index (χ0n) is 12.7. The normalized spacial score (nSPS) is 12.0. The van der Waals surface area contributed by atoms with Gasteiger partial charge in [0.25, 0.3) is 5.69 Å². The van der Waals surface area contributed by atoms with E-state index in [0.29, 0.717) is 12.0 Å². The van der Waals surface area contributed by atoms with Crippen molar-refractivity contribution in [2.24, 2.45) is 0 Å². The molecule has 0 saturated heterocycles. The number of benzene rings is 1. The second kappa shape index (κ2) is 6.99. The molecule has 0 N–H and O–H groups in total. The number of halogens is 1. The van der Waals surface area contributed by atoms with Crippen LogP contribution in [-0.4, -0.2) is 27.1 Å². The number of nitrogens with zero attached hydrogens (tertiary/aromatic N) is 3. The van der Waals surface area contributed by atoms with Crippen LogP contribution in [0.3, 0.4) is 0 Å². The van der Waals surface area contributed by atoms with Crippen LogP contribution in [0.25, 0.3) is 0 Å². The van der Waals surface area contributed by atoms with Crippen molar-refractivity contribution < 1.29 is 18.8 Å². The van der Waals surface area contributed by atoms with Crippen molar-refractivity contribution in [2.75, 3.05) is 6.61 Å². The molecule has 1 aromatic carbocycles. The number of carbonyl (C=O) groups is 1. The Morgan fingerprint density at radius 1 is 1.52 bits per heavy atom. The highest BCUT2D eigenvalue weighted by molar-refractivity contribution is 5.87. The Bertz CT molecular complexity index is 729. The highest BCUT2D eigenvalue weighted by atomic mass is 19.1. The highest BCUT2D eigenvalue weighted by Crippen LogP contribution is 2.24. The molecule has 0 bridgehead atoms. The van der Waals surface area contributed by atoms with Gasteiger partial charge in [-0.15, -0.1) is 0 Å². The zero-order chi connectivity index (χ0) is 17.0. The molecule has 0 amide bonds. The summed E-state index contributed by atoms with van der Waals surface area (Å²) in [5.74, 6) is -1.73. The van der Waals surface area contributed by atoms with E-state index in [2.05, 4.69) is 4.98 Å². The molecule has 0 radical (unpaired) electrons. The van der Waals surface area contributed by atoms with Crippen molar-refractivity contribution >= 4 is 11.7 Å². The van der Waals surface area contributed by atoms with E-state index in [1.54, 1.807) is 13.0 Å². The van der Waals surface area contributed by atoms with E-state index in [1.807, 2.05) is 6.92 Å².